The molecular formula is C13H24O4. The molecule has 0 aliphatic heterocycles. The average Bonchev–Trinajstić information content (AvgIpc) is 2.29. The molecule has 0 atom stereocenters. The fraction of sp³-hybridized carbons (Fsp3) is 0.846. The zero-order valence-electron chi connectivity index (χ0n) is 11.0. The number of ether oxygens (including phenoxy) is 2. The second-order valence-electron chi connectivity index (χ2n) is 4.08. The van der Waals surface area contributed by atoms with Gasteiger partial charge in [-0.25, -0.2) is 0 Å². The number of hydrogen-bond acceptors (Lipinski definition) is 4. The van der Waals surface area contributed by atoms with Crippen LogP contribution in [-0.4, -0.2) is 25.2 Å². The Bertz CT molecular complexity index is 213. The molecule has 17 heavy (non-hydrogen) atoms. The first-order valence-electron chi connectivity index (χ1n) is 6.45. The lowest BCUT2D eigenvalue weighted by Crippen LogP contribution is -2.06. The van der Waals surface area contributed by atoms with Crippen molar-refractivity contribution in [2.45, 2.75) is 58.8 Å². The Kier molecular flexibility index (Phi) is 10.7. The zero-order chi connectivity index (χ0) is 12.9. The minimum Gasteiger partial charge on any atom is -0.466 e. The molecule has 4 nitrogen and oxygen atoms in total. The second kappa shape index (κ2) is 11.4. The van der Waals surface area contributed by atoms with Crippen LogP contribution in [0.2, 0.25) is 0 Å². The van der Waals surface area contributed by atoms with Gasteiger partial charge < -0.3 is 9.47 Å². The highest BCUT2D eigenvalue weighted by molar-refractivity contribution is 5.69. The van der Waals surface area contributed by atoms with Crippen LogP contribution in [0.5, 0.6) is 0 Å². The van der Waals surface area contributed by atoms with Crippen LogP contribution in [0.4, 0.5) is 0 Å². The molecule has 0 saturated heterocycles. The molecule has 0 heterocycles. The van der Waals surface area contributed by atoms with Crippen molar-refractivity contribution in [1.29, 1.82) is 0 Å². The second-order valence-corrected chi connectivity index (χ2v) is 4.08. The Hall–Kier alpha value is -1.06. The molecule has 0 aliphatic carbocycles. The van der Waals surface area contributed by atoms with Gasteiger partial charge in [0.1, 0.15) is 0 Å². The number of carbonyl (C=O) groups excluding carboxylic acids is 2. The summed E-state index contributed by atoms with van der Waals surface area (Å²) in [7, 11) is 0. The van der Waals surface area contributed by atoms with Crippen LogP contribution in [0.3, 0.4) is 0 Å². The quantitative estimate of drug-likeness (QED) is 0.438. The Balaban J connectivity index is 3.19. The summed E-state index contributed by atoms with van der Waals surface area (Å²) in [6.45, 7) is 4.50. The van der Waals surface area contributed by atoms with Gasteiger partial charge in [-0.05, 0) is 25.7 Å². The summed E-state index contributed by atoms with van der Waals surface area (Å²) in [6, 6.07) is 0. The standard InChI is InChI=1S/C13H24O4/c1-3-4-7-11-17-13(15)9-6-5-8-10-16-12(2)14/h3-11H2,1-2H3. The number of esters is 2. The van der Waals surface area contributed by atoms with E-state index in [1.54, 1.807) is 0 Å². The molecule has 0 saturated carbocycles. The summed E-state index contributed by atoms with van der Waals surface area (Å²) >= 11 is 0. The highest BCUT2D eigenvalue weighted by atomic mass is 16.5. The van der Waals surface area contributed by atoms with E-state index in [0.29, 0.717) is 19.6 Å². The molecular weight excluding hydrogens is 220 g/mol. The molecule has 0 aromatic carbocycles. The van der Waals surface area contributed by atoms with Crippen LogP contribution in [0.1, 0.15) is 58.8 Å². The summed E-state index contributed by atoms with van der Waals surface area (Å²) < 4.78 is 9.85. The van der Waals surface area contributed by atoms with Crippen molar-refractivity contribution < 1.29 is 19.1 Å². The van der Waals surface area contributed by atoms with Gasteiger partial charge in [-0.15, -0.1) is 0 Å². The topological polar surface area (TPSA) is 52.6 Å². The van der Waals surface area contributed by atoms with E-state index in [9.17, 15) is 9.59 Å². The van der Waals surface area contributed by atoms with Gasteiger partial charge in [0.2, 0.25) is 0 Å². The molecule has 0 unspecified atom stereocenters. The Morgan fingerprint density at radius 3 is 2.18 bits per heavy atom. The van der Waals surface area contributed by atoms with E-state index < -0.39 is 0 Å². The van der Waals surface area contributed by atoms with Crippen molar-refractivity contribution >= 4 is 11.9 Å². The third kappa shape index (κ3) is 12.9. The van der Waals surface area contributed by atoms with E-state index in [2.05, 4.69) is 6.92 Å². The summed E-state index contributed by atoms with van der Waals surface area (Å²) in [4.78, 5) is 21.7. The largest absolute Gasteiger partial charge is 0.466 e. The number of unbranched alkanes of at least 4 members (excludes halogenated alkanes) is 4. The molecule has 0 spiro atoms. The van der Waals surface area contributed by atoms with Crippen molar-refractivity contribution in [3.63, 3.8) is 0 Å². The van der Waals surface area contributed by atoms with Gasteiger partial charge >= 0.3 is 11.9 Å². The highest BCUT2D eigenvalue weighted by Crippen LogP contribution is 2.03. The molecule has 100 valence electrons. The lowest BCUT2D eigenvalue weighted by molar-refractivity contribution is -0.144. The molecule has 0 rings (SSSR count). The van der Waals surface area contributed by atoms with Crippen molar-refractivity contribution in [2.75, 3.05) is 13.2 Å². The van der Waals surface area contributed by atoms with Gasteiger partial charge in [0, 0.05) is 13.3 Å². The molecule has 0 fully saturated rings. The Morgan fingerprint density at radius 1 is 0.882 bits per heavy atom. The lowest BCUT2D eigenvalue weighted by Gasteiger charge is -2.04. The maximum absolute atomic E-state index is 11.2. The van der Waals surface area contributed by atoms with Crippen molar-refractivity contribution in [2.24, 2.45) is 0 Å². The SMILES string of the molecule is CCCCCOC(=O)CCCCCOC(C)=O. The van der Waals surface area contributed by atoms with E-state index in [0.717, 1.165) is 38.5 Å². The smallest absolute Gasteiger partial charge is 0.305 e. The minimum absolute atomic E-state index is 0.117. The van der Waals surface area contributed by atoms with Crippen LogP contribution in [0.25, 0.3) is 0 Å². The van der Waals surface area contributed by atoms with Crippen molar-refractivity contribution in [1.82, 2.24) is 0 Å². The third-order valence-electron chi connectivity index (χ3n) is 2.34. The van der Waals surface area contributed by atoms with Gasteiger partial charge in [0.05, 0.1) is 13.2 Å². The maximum Gasteiger partial charge on any atom is 0.305 e. The van der Waals surface area contributed by atoms with Gasteiger partial charge in [0.15, 0.2) is 0 Å². The van der Waals surface area contributed by atoms with Gasteiger partial charge in [0.25, 0.3) is 0 Å². The van der Waals surface area contributed by atoms with Gasteiger partial charge in [-0.2, -0.15) is 0 Å². The molecule has 0 aliphatic rings. The van der Waals surface area contributed by atoms with Crippen LogP contribution in [-0.2, 0) is 19.1 Å². The Labute approximate surface area is 104 Å². The van der Waals surface area contributed by atoms with Gasteiger partial charge in [-0.3, -0.25) is 9.59 Å². The molecule has 0 bridgehead atoms. The molecule has 0 N–H and O–H groups in total. The number of carbonyl (C=O) groups is 2. The monoisotopic (exact) mass is 244 g/mol. The van der Waals surface area contributed by atoms with E-state index in [-0.39, 0.29) is 11.9 Å². The molecule has 0 aromatic rings. The summed E-state index contributed by atoms with van der Waals surface area (Å²) in [5, 5.41) is 0. The predicted molar refractivity (Wildman–Crippen MR) is 65.6 cm³/mol. The van der Waals surface area contributed by atoms with Crippen LogP contribution >= 0.6 is 0 Å². The molecule has 4 heteroatoms. The normalized spacial score (nSPS) is 10.0. The van der Waals surface area contributed by atoms with Crippen molar-refractivity contribution in [3.8, 4) is 0 Å². The number of rotatable bonds is 10. The summed E-state index contributed by atoms with van der Waals surface area (Å²) in [5.41, 5.74) is 0. The maximum atomic E-state index is 11.2. The number of hydrogen-bond donors (Lipinski definition) is 0. The molecule has 0 radical (unpaired) electrons. The third-order valence-corrected chi connectivity index (χ3v) is 2.34. The first-order valence-corrected chi connectivity index (χ1v) is 6.45. The van der Waals surface area contributed by atoms with E-state index in [4.69, 9.17) is 9.47 Å². The van der Waals surface area contributed by atoms with Gasteiger partial charge in [-0.1, -0.05) is 19.8 Å². The first kappa shape index (κ1) is 15.9. The first-order chi connectivity index (χ1) is 8.16. The summed E-state index contributed by atoms with van der Waals surface area (Å²) in [5.74, 6) is -0.367. The zero-order valence-corrected chi connectivity index (χ0v) is 11.0. The average molecular weight is 244 g/mol. The van der Waals surface area contributed by atoms with Crippen LogP contribution < -0.4 is 0 Å². The minimum atomic E-state index is -0.250. The molecule has 0 amide bonds. The van der Waals surface area contributed by atoms with E-state index in [1.807, 2.05) is 0 Å². The fourth-order valence-corrected chi connectivity index (χ4v) is 1.37. The van der Waals surface area contributed by atoms with Crippen LogP contribution in [0, 0.1) is 0 Å². The predicted octanol–water partition coefficient (Wildman–Crippen LogP) is 2.84. The van der Waals surface area contributed by atoms with E-state index >= 15 is 0 Å². The lowest BCUT2D eigenvalue weighted by atomic mass is 10.2. The summed E-state index contributed by atoms with van der Waals surface area (Å²) in [6.07, 6.45) is 6.15. The fourth-order valence-electron chi connectivity index (χ4n) is 1.37. The highest BCUT2D eigenvalue weighted by Gasteiger charge is 2.02. The Morgan fingerprint density at radius 2 is 1.53 bits per heavy atom. The van der Waals surface area contributed by atoms with Crippen LogP contribution in [0.15, 0.2) is 0 Å². The molecule has 0 aromatic heterocycles. The van der Waals surface area contributed by atoms with Crippen molar-refractivity contribution in [3.05, 3.63) is 0 Å². The van der Waals surface area contributed by atoms with E-state index in [1.165, 1.54) is 6.92 Å².